The number of anilines is 2. The number of urea groups is 1. The van der Waals surface area contributed by atoms with Crippen LogP contribution in [-0.4, -0.2) is 25.4 Å². The molecule has 0 radical (unpaired) electrons. The molecule has 4 nitrogen and oxygen atoms in total. The second kappa shape index (κ2) is 6.84. The fourth-order valence-corrected chi connectivity index (χ4v) is 3.21. The van der Waals surface area contributed by atoms with Gasteiger partial charge in [0.05, 0.1) is 0 Å². The first-order valence-electron chi connectivity index (χ1n) is 8.56. The maximum atomic E-state index is 12.8. The molecular formula is C22H18N2O2. The minimum Gasteiger partial charge on any atom is -0.298 e. The molecule has 0 aliphatic carbocycles. The second-order valence-electron chi connectivity index (χ2n) is 6.21. The third kappa shape index (κ3) is 2.97. The van der Waals surface area contributed by atoms with Crippen LogP contribution in [0.1, 0.15) is 10.4 Å². The van der Waals surface area contributed by atoms with Crippen LogP contribution in [-0.2, 0) is 0 Å². The third-order valence-electron chi connectivity index (χ3n) is 4.64. The van der Waals surface area contributed by atoms with Crippen molar-refractivity contribution in [3.63, 3.8) is 0 Å². The van der Waals surface area contributed by atoms with Crippen LogP contribution in [0.5, 0.6) is 0 Å². The van der Waals surface area contributed by atoms with Crippen molar-refractivity contribution in [1.29, 1.82) is 0 Å². The number of rotatable bonds is 4. The third-order valence-corrected chi connectivity index (χ3v) is 4.64. The van der Waals surface area contributed by atoms with E-state index in [0.29, 0.717) is 18.7 Å². The second-order valence-corrected chi connectivity index (χ2v) is 6.21. The minimum absolute atomic E-state index is 0.0451. The molecule has 0 unspecified atom stereocenters. The van der Waals surface area contributed by atoms with Gasteiger partial charge in [0.15, 0.2) is 0 Å². The highest BCUT2D eigenvalue weighted by Crippen LogP contribution is 2.27. The molecule has 0 saturated carbocycles. The molecule has 0 spiro atoms. The maximum Gasteiger partial charge on any atom is 0.329 e. The van der Waals surface area contributed by atoms with Crippen molar-refractivity contribution in [3.05, 3.63) is 84.4 Å². The molecule has 1 saturated heterocycles. The van der Waals surface area contributed by atoms with Crippen molar-refractivity contribution < 1.29 is 9.59 Å². The lowest BCUT2D eigenvalue weighted by Gasteiger charge is -2.19. The van der Waals surface area contributed by atoms with Gasteiger partial charge in [-0.05, 0) is 47.5 Å². The van der Waals surface area contributed by atoms with Crippen molar-refractivity contribution in [3.8, 4) is 11.1 Å². The summed E-state index contributed by atoms with van der Waals surface area (Å²) < 4.78 is 0. The Hall–Kier alpha value is -3.40. The average molecular weight is 342 g/mol. The smallest absolute Gasteiger partial charge is 0.298 e. The predicted octanol–water partition coefficient (Wildman–Crippen LogP) is 4.61. The first kappa shape index (κ1) is 16.1. The summed E-state index contributed by atoms with van der Waals surface area (Å²) in [6.45, 7) is 1.26. The minimum atomic E-state index is -0.0451. The van der Waals surface area contributed by atoms with E-state index in [2.05, 4.69) is 12.1 Å². The Labute approximate surface area is 152 Å². The number of hydrogen-bond acceptors (Lipinski definition) is 2. The summed E-state index contributed by atoms with van der Waals surface area (Å²) in [4.78, 5) is 27.1. The fourth-order valence-electron chi connectivity index (χ4n) is 3.21. The Morgan fingerprint density at radius 2 is 1.15 bits per heavy atom. The Balaban J connectivity index is 1.53. The van der Waals surface area contributed by atoms with E-state index in [-0.39, 0.29) is 6.03 Å². The Morgan fingerprint density at radius 3 is 1.69 bits per heavy atom. The van der Waals surface area contributed by atoms with Gasteiger partial charge in [-0.15, -0.1) is 0 Å². The Bertz CT molecular complexity index is 919. The van der Waals surface area contributed by atoms with E-state index in [4.69, 9.17) is 0 Å². The topological polar surface area (TPSA) is 40.6 Å². The van der Waals surface area contributed by atoms with Gasteiger partial charge in [-0.2, -0.15) is 0 Å². The molecule has 2 amide bonds. The largest absolute Gasteiger partial charge is 0.329 e. The molecular weight excluding hydrogens is 324 g/mol. The molecule has 1 aliphatic heterocycles. The summed E-state index contributed by atoms with van der Waals surface area (Å²) >= 11 is 0. The summed E-state index contributed by atoms with van der Waals surface area (Å²) in [6, 6.07) is 25.3. The molecule has 0 bridgehead atoms. The van der Waals surface area contributed by atoms with Crippen LogP contribution in [0.2, 0.25) is 0 Å². The molecule has 0 aromatic heterocycles. The van der Waals surface area contributed by atoms with Crippen molar-refractivity contribution in [2.75, 3.05) is 22.9 Å². The van der Waals surface area contributed by atoms with Crippen LogP contribution >= 0.6 is 0 Å². The van der Waals surface area contributed by atoms with Crippen molar-refractivity contribution in [2.24, 2.45) is 0 Å². The lowest BCUT2D eigenvalue weighted by molar-refractivity contribution is 0.112. The summed E-state index contributed by atoms with van der Waals surface area (Å²) in [5.74, 6) is 0. The molecule has 0 atom stereocenters. The highest BCUT2D eigenvalue weighted by molar-refractivity contribution is 6.06. The number of hydrogen-bond donors (Lipinski definition) is 0. The van der Waals surface area contributed by atoms with Crippen LogP contribution < -0.4 is 9.80 Å². The van der Waals surface area contributed by atoms with Crippen LogP contribution in [0.25, 0.3) is 11.1 Å². The molecule has 1 heterocycles. The maximum absolute atomic E-state index is 12.8. The van der Waals surface area contributed by atoms with Gasteiger partial charge in [0.25, 0.3) is 0 Å². The zero-order valence-corrected chi connectivity index (χ0v) is 14.2. The van der Waals surface area contributed by atoms with Crippen LogP contribution in [0.4, 0.5) is 16.2 Å². The molecule has 0 N–H and O–H groups in total. The molecule has 1 aliphatic rings. The number of carbonyl (C=O) groups excluding carboxylic acids is 2. The highest BCUT2D eigenvalue weighted by Gasteiger charge is 2.30. The van der Waals surface area contributed by atoms with E-state index >= 15 is 0 Å². The van der Waals surface area contributed by atoms with Gasteiger partial charge in [-0.3, -0.25) is 14.6 Å². The summed E-state index contributed by atoms with van der Waals surface area (Å²) in [6.07, 6.45) is 0.802. The fraction of sp³-hybridized carbons (Fsp3) is 0.0909. The van der Waals surface area contributed by atoms with Gasteiger partial charge in [-0.25, -0.2) is 4.79 Å². The Kier molecular flexibility index (Phi) is 4.23. The zero-order valence-electron chi connectivity index (χ0n) is 14.2. The van der Waals surface area contributed by atoms with Gasteiger partial charge in [0.2, 0.25) is 0 Å². The lowest BCUT2D eigenvalue weighted by Crippen LogP contribution is -2.31. The average Bonchev–Trinajstić information content (AvgIpc) is 3.10. The lowest BCUT2D eigenvalue weighted by atomic mass is 10.1. The van der Waals surface area contributed by atoms with Gasteiger partial charge >= 0.3 is 6.03 Å². The van der Waals surface area contributed by atoms with E-state index in [1.165, 1.54) is 0 Å². The number of nitrogens with zero attached hydrogens (tertiary/aromatic N) is 2. The predicted molar refractivity (Wildman–Crippen MR) is 104 cm³/mol. The number of amides is 2. The van der Waals surface area contributed by atoms with E-state index in [9.17, 15) is 9.59 Å². The van der Waals surface area contributed by atoms with Crippen molar-refractivity contribution in [1.82, 2.24) is 0 Å². The van der Waals surface area contributed by atoms with Crippen LogP contribution in [0.3, 0.4) is 0 Å². The molecule has 4 heteroatoms. The first-order chi connectivity index (χ1) is 12.8. The monoisotopic (exact) mass is 342 g/mol. The van der Waals surface area contributed by atoms with E-state index in [1.807, 2.05) is 54.6 Å². The summed E-state index contributed by atoms with van der Waals surface area (Å²) in [5.41, 5.74) is 4.59. The van der Waals surface area contributed by atoms with Crippen LogP contribution in [0.15, 0.2) is 78.9 Å². The van der Waals surface area contributed by atoms with Gasteiger partial charge in [-0.1, -0.05) is 42.5 Å². The van der Waals surface area contributed by atoms with Gasteiger partial charge in [0.1, 0.15) is 6.29 Å². The highest BCUT2D eigenvalue weighted by atomic mass is 16.2. The molecule has 3 aromatic carbocycles. The number of aldehydes is 1. The van der Waals surface area contributed by atoms with Gasteiger partial charge < -0.3 is 0 Å². The number of carbonyl (C=O) groups is 2. The summed E-state index contributed by atoms with van der Waals surface area (Å²) in [7, 11) is 0. The van der Waals surface area contributed by atoms with Crippen molar-refractivity contribution in [2.45, 2.75) is 0 Å². The Morgan fingerprint density at radius 1 is 0.654 bits per heavy atom. The number of benzene rings is 3. The van der Waals surface area contributed by atoms with E-state index < -0.39 is 0 Å². The molecule has 1 fully saturated rings. The van der Waals surface area contributed by atoms with E-state index in [0.717, 1.165) is 28.8 Å². The molecule has 128 valence electrons. The first-order valence-corrected chi connectivity index (χ1v) is 8.56. The van der Waals surface area contributed by atoms with E-state index in [1.54, 1.807) is 21.9 Å². The summed E-state index contributed by atoms with van der Waals surface area (Å²) in [5, 5.41) is 0. The normalized spacial score (nSPS) is 13.9. The molecule has 3 aromatic rings. The molecule has 4 rings (SSSR count). The SMILES string of the molecule is O=Cc1ccc(N2CCN(c3ccc(-c4ccccc4)cc3)C2=O)cc1. The van der Waals surface area contributed by atoms with Gasteiger partial charge in [0, 0.05) is 30.0 Å². The quantitative estimate of drug-likeness (QED) is 0.650. The molecule has 26 heavy (non-hydrogen) atoms. The van der Waals surface area contributed by atoms with Crippen molar-refractivity contribution >= 4 is 23.7 Å². The van der Waals surface area contributed by atoms with Crippen LogP contribution in [0, 0.1) is 0 Å². The zero-order chi connectivity index (χ0) is 17.9. The standard InChI is InChI=1S/C22H18N2O2/c25-16-17-6-10-20(11-7-17)23-14-15-24(22(23)26)21-12-8-19(9-13-21)18-4-2-1-3-5-18/h1-13,16H,14-15H2.